The number of hydrogen-bond acceptors (Lipinski definition) is 4. The minimum absolute atomic E-state index is 0.0277. The fourth-order valence-corrected chi connectivity index (χ4v) is 5.62. The van der Waals surface area contributed by atoms with E-state index in [4.69, 9.17) is 0 Å². The zero-order chi connectivity index (χ0) is 30.9. The molecular formula is C33H42FN3O4S. The van der Waals surface area contributed by atoms with Gasteiger partial charge in [-0.2, -0.15) is 0 Å². The Hall–Kier alpha value is -3.72. The van der Waals surface area contributed by atoms with Crippen molar-refractivity contribution in [3.05, 3.63) is 101 Å². The molecule has 0 unspecified atom stereocenters. The van der Waals surface area contributed by atoms with Crippen molar-refractivity contribution in [2.45, 2.75) is 72.0 Å². The van der Waals surface area contributed by atoms with Gasteiger partial charge in [0.25, 0.3) is 0 Å². The molecule has 0 radical (unpaired) electrons. The lowest BCUT2D eigenvalue weighted by Gasteiger charge is -2.32. The molecule has 1 N–H and O–H groups in total. The summed E-state index contributed by atoms with van der Waals surface area (Å²) in [6.07, 6.45) is 2.47. The van der Waals surface area contributed by atoms with Crippen molar-refractivity contribution in [1.29, 1.82) is 0 Å². The zero-order valence-corrected chi connectivity index (χ0v) is 26.0. The van der Waals surface area contributed by atoms with Crippen LogP contribution in [0.3, 0.4) is 0 Å². The molecule has 0 aliphatic carbocycles. The highest BCUT2D eigenvalue weighted by Crippen LogP contribution is 2.23. The average Bonchev–Trinajstić information content (AvgIpc) is 2.95. The smallest absolute Gasteiger partial charge is 0.243 e. The highest BCUT2D eigenvalue weighted by atomic mass is 32.2. The molecule has 3 aromatic rings. The third kappa shape index (κ3) is 9.41. The topological polar surface area (TPSA) is 86.8 Å². The summed E-state index contributed by atoms with van der Waals surface area (Å²) in [5.74, 6) is -0.941. The van der Waals surface area contributed by atoms with E-state index in [0.717, 1.165) is 29.4 Å². The number of rotatable bonds is 14. The average molecular weight is 596 g/mol. The molecule has 9 heteroatoms. The number of carbonyl (C=O) groups excluding carboxylic acids is 2. The fraction of sp³-hybridized carbons (Fsp3) is 0.394. The lowest BCUT2D eigenvalue weighted by molar-refractivity contribution is -0.141. The summed E-state index contributed by atoms with van der Waals surface area (Å²) in [7, 11) is -3.60. The number of sulfonamides is 1. The lowest BCUT2D eigenvalue weighted by atomic mass is 10.0. The quantitative estimate of drug-likeness (QED) is 0.265. The number of anilines is 1. The molecule has 0 saturated heterocycles. The van der Waals surface area contributed by atoms with Gasteiger partial charge in [-0.15, -0.1) is 0 Å². The highest BCUT2D eigenvalue weighted by molar-refractivity contribution is 7.92. The van der Waals surface area contributed by atoms with E-state index in [2.05, 4.69) is 5.32 Å². The van der Waals surface area contributed by atoms with Gasteiger partial charge in [0.05, 0.1) is 11.9 Å². The van der Waals surface area contributed by atoms with Crippen LogP contribution in [0.2, 0.25) is 0 Å². The molecule has 226 valence electrons. The molecule has 7 nitrogen and oxygen atoms in total. The van der Waals surface area contributed by atoms with Crippen LogP contribution >= 0.6 is 0 Å². The lowest BCUT2D eigenvalue weighted by Crippen LogP contribution is -2.52. The number of benzene rings is 3. The predicted octanol–water partition coefficient (Wildman–Crippen LogP) is 5.54. The van der Waals surface area contributed by atoms with Crippen molar-refractivity contribution in [2.24, 2.45) is 0 Å². The first-order chi connectivity index (χ1) is 19.9. The van der Waals surface area contributed by atoms with E-state index < -0.39 is 16.1 Å². The Morgan fingerprint density at radius 2 is 1.60 bits per heavy atom. The van der Waals surface area contributed by atoms with Crippen LogP contribution in [0.4, 0.5) is 10.1 Å². The van der Waals surface area contributed by atoms with Crippen LogP contribution in [0.25, 0.3) is 0 Å². The SMILES string of the molecule is CC[C@H](C)NC(=O)[C@@H](Cc1ccccc1)N(Cc1ccc(F)cc1)C(=O)CCCN(c1ccc(C)c(C)c1)S(C)(=O)=O. The summed E-state index contributed by atoms with van der Waals surface area (Å²) < 4.78 is 40.4. The maximum absolute atomic E-state index is 13.9. The first-order valence-corrected chi connectivity index (χ1v) is 16.2. The van der Waals surface area contributed by atoms with Crippen LogP contribution in [-0.4, -0.2) is 50.0 Å². The minimum atomic E-state index is -3.60. The normalized spacial score (nSPS) is 12.8. The first kappa shape index (κ1) is 32.8. The van der Waals surface area contributed by atoms with Crippen molar-refractivity contribution < 1.29 is 22.4 Å². The van der Waals surface area contributed by atoms with E-state index >= 15 is 0 Å². The molecule has 0 heterocycles. The fourth-order valence-electron chi connectivity index (χ4n) is 4.67. The van der Waals surface area contributed by atoms with Gasteiger partial charge in [0.15, 0.2) is 0 Å². The molecule has 3 rings (SSSR count). The van der Waals surface area contributed by atoms with Gasteiger partial charge >= 0.3 is 0 Å². The summed E-state index contributed by atoms with van der Waals surface area (Å²) >= 11 is 0. The summed E-state index contributed by atoms with van der Waals surface area (Å²) in [4.78, 5) is 29.0. The highest BCUT2D eigenvalue weighted by Gasteiger charge is 2.31. The number of amides is 2. The van der Waals surface area contributed by atoms with Gasteiger partial charge < -0.3 is 10.2 Å². The van der Waals surface area contributed by atoms with Crippen molar-refractivity contribution in [1.82, 2.24) is 10.2 Å². The van der Waals surface area contributed by atoms with Gasteiger partial charge in [-0.3, -0.25) is 13.9 Å². The predicted molar refractivity (Wildman–Crippen MR) is 166 cm³/mol. The Morgan fingerprint density at radius 3 is 2.19 bits per heavy atom. The number of nitrogens with one attached hydrogen (secondary N) is 1. The Kier molecular flexibility index (Phi) is 11.7. The molecule has 0 spiro atoms. The van der Waals surface area contributed by atoms with E-state index in [9.17, 15) is 22.4 Å². The number of halogens is 1. The second kappa shape index (κ2) is 15.0. The molecule has 2 atom stereocenters. The van der Waals surface area contributed by atoms with E-state index in [0.29, 0.717) is 17.7 Å². The molecule has 0 aliphatic heterocycles. The number of aryl methyl sites for hydroxylation is 2. The molecular weight excluding hydrogens is 553 g/mol. The Morgan fingerprint density at radius 1 is 0.929 bits per heavy atom. The van der Waals surface area contributed by atoms with E-state index in [-0.39, 0.29) is 49.6 Å². The van der Waals surface area contributed by atoms with Crippen LogP contribution in [0.15, 0.2) is 72.8 Å². The van der Waals surface area contributed by atoms with Gasteiger partial charge in [0, 0.05) is 32.0 Å². The van der Waals surface area contributed by atoms with Crippen molar-refractivity contribution in [3.8, 4) is 0 Å². The van der Waals surface area contributed by atoms with E-state index in [1.165, 1.54) is 16.4 Å². The van der Waals surface area contributed by atoms with Gasteiger partial charge in [-0.05, 0) is 80.1 Å². The van der Waals surface area contributed by atoms with Gasteiger partial charge in [0.2, 0.25) is 21.8 Å². The molecule has 0 aliphatic rings. The maximum Gasteiger partial charge on any atom is 0.243 e. The molecule has 0 bridgehead atoms. The summed E-state index contributed by atoms with van der Waals surface area (Å²) in [5.41, 5.74) is 4.16. The number of hydrogen-bond donors (Lipinski definition) is 1. The third-order valence-corrected chi connectivity index (χ3v) is 8.66. The van der Waals surface area contributed by atoms with Crippen LogP contribution in [0.1, 0.15) is 55.4 Å². The van der Waals surface area contributed by atoms with Crippen molar-refractivity contribution >= 4 is 27.5 Å². The standard InChI is InChI=1S/C33H42FN3O4S/c1-6-26(4)35-33(39)31(22-27-11-8-7-9-12-27)36(23-28-15-17-29(34)18-16-28)32(38)13-10-20-37(42(5,40)41)30-19-14-24(2)25(3)21-30/h7-9,11-12,14-19,21,26,31H,6,10,13,20,22-23H2,1-5H3,(H,35,39)/t26-,31+/m0/s1. The van der Waals surface area contributed by atoms with Gasteiger partial charge in [-0.25, -0.2) is 12.8 Å². The second-order valence-corrected chi connectivity index (χ2v) is 12.8. The van der Waals surface area contributed by atoms with Crippen molar-refractivity contribution in [2.75, 3.05) is 17.1 Å². The molecule has 42 heavy (non-hydrogen) atoms. The summed E-state index contributed by atoms with van der Waals surface area (Å²) in [6, 6.07) is 19.9. The number of nitrogens with zero attached hydrogens (tertiary/aromatic N) is 2. The van der Waals surface area contributed by atoms with Gasteiger partial charge in [-0.1, -0.05) is 55.5 Å². The van der Waals surface area contributed by atoms with Crippen LogP contribution < -0.4 is 9.62 Å². The van der Waals surface area contributed by atoms with Crippen LogP contribution in [0, 0.1) is 19.7 Å². The molecule has 2 amide bonds. The van der Waals surface area contributed by atoms with Crippen LogP contribution in [-0.2, 0) is 32.6 Å². The van der Waals surface area contributed by atoms with Crippen LogP contribution in [0.5, 0.6) is 0 Å². The zero-order valence-electron chi connectivity index (χ0n) is 25.1. The number of carbonyl (C=O) groups is 2. The van der Waals surface area contributed by atoms with Gasteiger partial charge in [0.1, 0.15) is 11.9 Å². The summed E-state index contributed by atoms with van der Waals surface area (Å²) in [6.45, 7) is 7.99. The molecule has 3 aromatic carbocycles. The minimum Gasteiger partial charge on any atom is -0.352 e. The molecule has 0 fully saturated rings. The largest absolute Gasteiger partial charge is 0.352 e. The third-order valence-electron chi connectivity index (χ3n) is 7.47. The van der Waals surface area contributed by atoms with E-state index in [1.807, 2.05) is 70.2 Å². The Bertz CT molecular complexity index is 1450. The monoisotopic (exact) mass is 595 g/mol. The molecule has 0 aromatic heterocycles. The second-order valence-electron chi connectivity index (χ2n) is 10.9. The Labute approximate surface area is 249 Å². The summed E-state index contributed by atoms with van der Waals surface area (Å²) in [5, 5.41) is 3.03. The maximum atomic E-state index is 13.9. The Balaban J connectivity index is 1.89. The van der Waals surface area contributed by atoms with E-state index in [1.54, 1.807) is 23.1 Å². The molecule has 0 saturated carbocycles. The van der Waals surface area contributed by atoms with Crippen molar-refractivity contribution in [3.63, 3.8) is 0 Å². The first-order valence-electron chi connectivity index (χ1n) is 14.3.